The van der Waals surface area contributed by atoms with Crippen molar-refractivity contribution in [1.29, 1.82) is 0 Å². The van der Waals surface area contributed by atoms with E-state index in [9.17, 15) is 9.70 Å². The van der Waals surface area contributed by atoms with Gasteiger partial charge in [-0.2, -0.15) is 0 Å². The lowest BCUT2D eigenvalue weighted by Crippen LogP contribution is -2.34. The van der Waals surface area contributed by atoms with E-state index in [0.29, 0.717) is 16.3 Å². The number of nitroso groups, excluding NO2 is 1. The zero-order valence-corrected chi connectivity index (χ0v) is 12.2. The number of rotatable bonds is 3. The summed E-state index contributed by atoms with van der Waals surface area (Å²) in [5.74, 6) is -0.339. The van der Waals surface area contributed by atoms with Gasteiger partial charge in [0.15, 0.2) is 5.11 Å². The van der Waals surface area contributed by atoms with E-state index in [1.807, 2.05) is 6.07 Å². The van der Waals surface area contributed by atoms with Crippen LogP contribution in [0.25, 0.3) is 0 Å². The standard InChI is InChI=1S/C14H10ClN3O2S/c15-11-7-6-10(18-20)8-12(11)16-14(21)17-13(19)9-4-2-1-3-5-9/h1-8H,(H2,16,17,19,21). The number of nitrogens with zero attached hydrogens (tertiary/aromatic N) is 1. The number of thiocarbonyl (C=S) groups is 1. The van der Waals surface area contributed by atoms with Crippen molar-refractivity contribution in [1.82, 2.24) is 5.32 Å². The van der Waals surface area contributed by atoms with E-state index in [0.717, 1.165) is 0 Å². The zero-order valence-electron chi connectivity index (χ0n) is 10.7. The number of halogens is 1. The first kappa shape index (κ1) is 15.1. The van der Waals surface area contributed by atoms with E-state index >= 15 is 0 Å². The quantitative estimate of drug-likeness (QED) is 0.665. The lowest BCUT2D eigenvalue weighted by Gasteiger charge is -2.11. The van der Waals surface area contributed by atoms with Gasteiger partial charge in [0.25, 0.3) is 5.91 Å². The van der Waals surface area contributed by atoms with Crippen LogP contribution in [0.1, 0.15) is 10.4 Å². The Morgan fingerprint density at radius 2 is 1.86 bits per heavy atom. The minimum Gasteiger partial charge on any atom is -0.331 e. The van der Waals surface area contributed by atoms with Crippen molar-refractivity contribution < 1.29 is 4.79 Å². The molecule has 2 aromatic rings. The molecular formula is C14H10ClN3O2S. The third-order valence-corrected chi connectivity index (χ3v) is 3.10. The molecular weight excluding hydrogens is 310 g/mol. The number of anilines is 1. The fourth-order valence-corrected chi connectivity index (χ4v) is 1.95. The van der Waals surface area contributed by atoms with Crippen LogP contribution in [0.4, 0.5) is 11.4 Å². The summed E-state index contributed by atoms with van der Waals surface area (Å²) in [5, 5.41) is 8.52. The molecule has 0 fully saturated rings. The van der Waals surface area contributed by atoms with E-state index in [4.69, 9.17) is 23.8 Å². The molecule has 0 unspecified atom stereocenters. The summed E-state index contributed by atoms with van der Waals surface area (Å²) >= 11 is 11.0. The van der Waals surface area contributed by atoms with E-state index < -0.39 is 0 Å². The Kier molecular flexibility index (Phi) is 4.97. The van der Waals surface area contributed by atoms with Crippen LogP contribution >= 0.6 is 23.8 Å². The first-order chi connectivity index (χ1) is 10.1. The van der Waals surface area contributed by atoms with Gasteiger partial charge in [0.05, 0.1) is 10.7 Å². The second-order valence-corrected chi connectivity index (χ2v) is 4.85. The van der Waals surface area contributed by atoms with E-state index in [1.54, 1.807) is 24.3 Å². The number of nitrogens with one attached hydrogen (secondary N) is 2. The number of hydrogen-bond acceptors (Lipinski definition) is 4. The highest BCUT2D eigenvalue weighted by atomic mass is 35.5. The molecule has 2 N–H and O–H groups in total. The van der Waals surface area contributed by atoms with Gasteiger partial charge in [-0.25, -0.2) is 0 Å². The summed E-state index contributed by atoms with van der Waals surface area (Å²) in [6.45, 7) is 0. The molecule has 0 saturated carbocycles. The van der Waals surface area contributed by atoms with Gasteiger partial charge in [-0.1, -0.05) is 29.8 Å². The Balaban J connectivity index is 2.05. The monoisotopic (exact) mass is 319 g/mol. The summed E-state index contributed by atoms with van der Waals surface area (Å²) in [6, 6.07) is 13.1. The molecule has 2 aromatic carbocycles. The van der Waals surface area contributed by atoms with Gasteiger partial charge in [0.2, 0.25) is 0 Å². The van der Waals surface area contributed by atoms with Crippen LogP contribution in [0.15, 0.2) is 53.7 Å². The molecule has 7 heteroatoms. The Morgan fingerprint density at radius 1 is 1.14 bits per heavy atom. The fraction of sp³-hybridized carbons (Fsp3) is 0. The van der Waals surface area contributed by atoms with Gasteiger partial charge in [-0.05, 0) is 47.7 Å². The van der Waals surface area contributed by atoms with Gasteiger partial charge in [0.1, 0.15) is 5.69 Å². The van der Waals surface area contributed by atoms with Crippen molar-refractivity contribution in [3.8, 4) is 0 Å². The maximum Gasteiger partial charge on any atom is 0.257 e. The van der Waals surface area contributed by atoms with Crippen LogP contribution in [0, 0.1) is 4.91 Å². The minimum atomic E-state index is -0.339. The third-order valence-electron chi connectivity index (χ3n) is 2.57. The van der Waals surface area contributed by atoms with Crippen LogP contribution in [-0.2, 0) is 0 Å². The second kappa shape index (κ2) is 6.92. The lowest BCUT2D eigenvalue weighted by atomic mass is 10.2. The summed E-state index contributed by atoms with van der Waals surface area (Å²) in [5.41, 5.74) is 1.09. The fourth-order valence-electron chi connectivity index (χ4n) is 1.58. The molecule has 0 aliphatic carbocycles. The van der Waals surface area contributed by atoms with Gasteiger partial charge >= 0.3 is 0 Å². The van der Waals surface area contributed by atoms with Crippen LogP contribution < -0.4 is 10.6 Å². The molecule has 0 aromatic heterocycles. The molecule has 21 heavy (non-hydrogen) atoms. The molecule has 2 rings (SSSR count). The van der Waals surface area contributed by atoms with Crippen molar-refractivity contribution in [2.24, 2.45) is 5.18 Å². The second-order valence-electron chi connectivity index (χ2n) is 4.03. The highest BCUT2D eigenvalue weighted by molar-refractivity contribution is 7.80. The largest absolute Gasteiger partial charge is 0.331 e. The molecule has 0 saturated heterocycles. The Bertz CT molecular complexity index is 692. The van der Waals surface area contributed by atoms with E-state index in [-0.39, 0.29) is 16.7 Å². The number of benzene rings is 2. The molecule has 0 bridgehead atoms. The smallest absolute Gasteiger partial charge is 0.257 e. The molecule has 106 valence electrons. The van der Waals surface area contributed by atoms with Crippen molar-refractivity contribution in [2.45, 2.75) is 0 Å². The molecule has 0 atom stereocenters. The van der Waals surface area contributed by atoms with Crippen molar-refractivity contribution in [3.63, 3.8) is 0 Å². The highest BCUT2D eigenvalue weighted by Crippen LogP contribution is 2.26. The van der Waals surface area contributed by atoms with E-state index in [1.165, 1.54) is 18.2 Å². The van der Waals surface area contributed by atoms with Crippen LogP contribution in [0.5, 0.6) is 0 Å². The normalized spacial score (nSPS) is 9.76. The minimum absolute atomic E-state index is 0.0776. The van der Waals surface area contributed by atoms with Crippen LogP contribution in [0.2, 0.25) is 5.02 Å². The Hall–Kier alpha value is -2.31. The number of carbonyl (C=O) groups is 1. The van der Waals surface area contributed by atoms with Gasteiger partial charge < -0.3 is 5.32 Å². The predicted molar refractivity (Wildman–Crippen MR) is 87.0 cm³/mol. The predicted octanol–water partition coefficient (Wildman–Crippen LogP) is 3.86. The molecule has 0 heterocycles. The molecule has 0 spiro atoms. The SMILES string of the molecule is O=Nc1ccc(Cl)c(NC(=S)NC(=O)c2ccccc2)c1. The zero-order chi connectivity index (χ0) is 15.2. The molecule has 5 nitrogen and oxygen atoms in total. The first-order valence-corrected chi connectivity index (χ1v) is 6.69. The lowest BCUT2D eigenvalue weighted by molar-refractivity contribution is 0.0978. The Morgan fingerprint density at radius 3 is 2.52 bits per heavy atom. The van der Waals surface area contributed by atoms with Crippen molar-refractivity contribution in [2.75, 3.05) is 5.32 Å². The molecule has 1 amide bonds. The van der Waals surface area contributed by atoms with Crippen molar-refractivity contribution in [3.05, 3.63) is 64.0 Å². The van der Waals surface area contributed by atoms with Crippen molar-refractivity contribution >= 4 is 46.2 Å². The Labute approximate surface area is 131 Å². The first-order valence-electron chi connectivity index (χ1n) is 5.90. The molecule has 0 aliphatic rings. The topological polar surface area (TPSA) is 70.6 Å². The van der Waals surface area contributed by atoms with Crippen LogP contribution in [0.3, 0.4) is 0 Å². The van der Waals surface area contributed by atoms with Gasteiger partial charge in [-0.15, -0.1) is 4.91 Å². The maximum absolute atomic E-state index is 11.9. The highest BCUT2D eigenvalue weighted by Gasteiger charge is 2.09. The van der Waals surface area contributed by atoms with E-state index in [2.05, 4.69) is 15.8 Å². The average Bonchev–Trinajstić information content (AvgIpc) is 2.50. The summed E-state index contributed by atoms with van der Waals surface area (Å²) in [4.78, 5) is 22.4. The maximum atomic E-state index is 11.9. The summed E-state index contributed by atoms with van der Waals surface area (Å²) < 4.78 is 0. The van der Waals surface area contributed by atoms with Gasteiger partial charge in [0, 0.05) is 5.56 Å². The third kappa shape index (κ3) is 4.08. The molecule has 0 aliphatic heterocycles. The number of hydrogen-bond donors (Lipinski definition) is 2. The van der Waals surface area contributed by atoms with Crippen LogP contribution in [-0.4, -0.2) is 11.0 Å². The van der Waals surface area contributed by atoms with Gasteiger partial charge in [-0.3, -0.25) is 10.1 Å². The molecule has 0 radical (unpaired) electrons. The summed E-state index contributed by atoms with van der Waals surface area (Å²) in [7, 11) is 0. The number of carbonyl (C=O) groups excluding carboxylic acids is 1. The number of amides is 1. The average molecular weight is 320 g/mol. The summed E-state index contributed by atoms with van der Waals surface area (Å²) in [6.07, 6.45) is 0.